The molecule has 1 saturated heterocycles. The number of rotatable bonds is 7. The molecule has 5 heteroatoms. The van der Waals surface area contributed by atoms with E-state index in [2.05, 4.69) is 59.5 Å². The van der Waals surface area contributed by atoms with Gasteiger partial charge in [0.05, 0.1) is 11.7 Å². The minimum absolute atomic E-state index is 0.388. The average Bonchev–Trinajstić information content (AvgIpc) is 3.23. The Kier molecular flexibility index (Phi) is 6.91. The van der Waals surface area contributed by atoms with E-state index in [0.29, 0.717) is 36.8 Å². The van der Waals surface area contributed by atoms with E-state index >= 15 is 0 Å². The van der Waals surface area contributed by atoms with Crippen molar-refractivity contribution in [2.24, 2.45) is 0 Å². The summed E-state index contributed by atoms with van der Waals surface area (Å²) in [5.41, 5.74) is 6.70. The van der Waals surface area contributed by atoms with Gasteiger partial charge in [0.25, 0.3) is 0 Å². The summed E-state index contributed by atoms with van der Waals surface area (Å²) in [5, 5.41) is 3.76. The lowest BCUT2D eigenvalue weighted by Gasteiger charge is -2.36. The van der Waals surface area contributed by atoms with Crippen molar-refractivity contribution < 1.29 is 4.79 Å². The molecule has 176 valence electrons. The molecule has 0 saturated carbocycles. The zero-order valence-corrected chi connectivity index (χ0v) is 20.2. The second kappa shape index (κ2) is 10.0. The maximum absolute atomic E-state index is 12.9. The number of pyridine rings is 1. The van der Waals surface area contributed by atoms with E-state index in [9.17, 15) is 4.79 Å². The molecular formula is C28H38N4O. The summed E-state index contributed by atoms with van der Waals surface area (Å²) in [6, 6.07) is 12.1. The lowest BCUT2D eigenvalue weighted by Crippen LogP contribution is -2.45. The van der Waals surface area contributed by atoms with Crippen LogP contribution in [0, 0.1) is 0 Å². The van der Waals surface area contributed by atoms with Gasteiger partial charge >= 0.3 is 0 Å². The number of aromatic nitrogens is 1. The van der Waals surface area contributed by atoms with Gasteiger partial charge in [-0.2, -0.15) is 0 Å². The number of likely N-dealkylation sites (N-methyl/N-ethyl adjacent to an activating group) is 1. The molecule has 0 amide bonds. The van der Waals surface area contributed by atoms with Gasteiger partial charge in [0, 0.05) is 44.2 Å². The van der Waals surface area contributed by atoms with E-state index < -0.39 is 0 Å². The van der Waals surface area contributed by atoms with Crippen molar-refractivity contribution in [3.05, 3.63) is 64.5 Å². The highest BCUT2D eigenvalue weighted by Gasteiger charge is 2.29. The third-order valence-corrected chi connectivity index (χ3v) is 8.13. The quantitative estimate of drug-likeness (QED) is 0.703. The number of ketones is 1. The van der Waals surface area contributed by atoms with Crippen LogP contribution in [0.4, 0.5) is 0 Å². The first-order chi connectivity index (χ1) is 16.1. The van der Waals surface area contributed by atoms with Crippen LogP contribution in [0.5, 0.6) is 0 Å². The predicted molar refractivity (Wildman–Crippen MR) is 132 cm³/mol. The molecule has 1 N–H and O–H groups in total. The molecule has 2 aromatic rings. The van der Waals surface area contributed by atoms with Gasteiger partial charge in [0.1, 0.15) is 5.78 Å². The monoisotopic (exact) mass is 446 g/mol. The summed E-state index contributed by atoms with van der Waals surface area (Å²) in [6.07, 6.45) is 10.1. The normalized spacial score (nSPS) is 25.1. The number of nitrogens with zero attached hydrogens (tertiary/aromatic N) is 3. The number of fused-ring (bicyclic) bond motifs is 2. The van der Waals surface area contributed by atoms with Crippen LogP contribution in [-0.4, -0.2) is 59.8 Å². The molecule has 3 aliphatic rings. The lowest BCUT2D eigenvalue weighted by molar-refractivity contribution is -0.119. The third kappa shape index (κ3) is 5.06. The summed E-state index contributed by atoms with van der Waals surface area (Å²) < 4.78 is 0. The molecule has 1 fully saturated rings. The Labute approximate surface area is 198 Å². The van der Waals surface area contributed by atoms with Crippen molar-refractivity contribution in [1.29, 1.82) is 0 Å². The number of likely N-dealkylation sites (tertiary alicyclic amines) is 1. The van der Waals surface area contributed by atoms with Gasteiger partial charge in [-0.3, -0.25) is 14.7 Å². The van der Waals surface area contributed by atoms with Crippen molar-refractivity contribution in [3.63, 3.8) is 0 Å². The number of Topliss-reactive ketones (excluding diaryl/α,β-unsaturated/α-hetero) is 1. The highest BCUT2D eigenvalue weighted by atomic mass is 16.1. The Morgan fingerprint density at radius 1 is 1.18 bits per heavy atom. The van der Waals surface area contributed by atoms with Gasteiger partial charge < -0.3 is 10.2 Å². The minimum atomic E-state index is 0.388. The molecule has 3 atom stereocenters. The molecule has 5 nitrogen and oxygen atoms in total. The molecule has 1 aromatic carbocycles. The Morgan fingerprint density at radius 3 is 2.91 bits per heavy atom. The Morgan fingerprint density at radius 2 is 2.06 bits per heavy atom. The number of aryl methyl sites for hydroxylation is 1. The minimum Gasteiger partial charge on any atom is -0.308 e. The third-order valence-electron chi connectivity index (χ3n) is 8.13. The van der Waals surface area contributed by atoms with Crippen LogP contribution in [0.15, 0.2) is 36.5 Å². The van der Waals surface area contributed by atoms with E-state index in [1.54, 1.807) is 0 Å². The largest absolute Gasteiger partial charge is 0.308 e. The molecule has 0 bridgehead atoms. The molecular weight excluding hydrogens is 408 g/mol. The molecule has 1 aromatic heterocycles. The van der Waals surface area contributed by atoms with Crippen LogP contribution in [0.3, 0.4) is 0 Å². The molecule has 33 heavy (non-hydrogen) atoms. The van der Waals surface area contributed by atoms with Crippen molar-refractivity contribution in [1.82, 2.24) is 20.1 Å². The second-order valence-electron chi connectivity index (χ2n) is 10.4. The van der Waals surface area contributed by atoms with Crippen LogP contribution in [0.1, 0.15) is 66.1 Å². The molecule has 1 unspecified atom stereocenters. The number of hydrogen-bond acceptors (Lipinski definition) is 5. The molecule has 0 radical (unpaired) electrons. The zero-order chi connectivity index (χ0) is 22.8. The van der Waals surface area contributed by atoms with E-state index in [1.165, 1.54) is 47.2 Å². The molecule has 3 heterocycles. The predicted octanol–water partition coefficient (Wildman–Crippen LogP) is 3.70. The van der Waals surface area contributed by atoms with Crippen LogP contribution in [0.25, 0.3) is 0 Å². The summed E-state index contributed by atoms with van der Waals surface area (Å²) in [7, 11) is 4.40. The maximum atomic E-state index is 12.9. The van der Waals surface area contributed by atoms with E-state index in [-0.39, 0.29) is 0 Å². The van der Waals surface area contributed by atoms with Gasteiger partial charge in [-0.1, -0.05) is 24.3 Å². The van der Waals surface area contributed by atoms with Crippen LogP contribution < -0.4 is 5.32 Å². The SMILES string of the molecule is CN1CCCC1CC(=O)Cc1cccc2c1C[C@H](CN(C)[C@H]1CCCc3cccnc31)NC2. The fourth-order valence-electron chi connectivity index (χ4n) is 6.26. The highest BCUT2D eigenvalue weighted by Crippen LogP contribution is 2.32. The number of nitrogens with one attached hydrogen (secondary N) is 1. The van der Waals surface area contributed by atoms with Crippen LogP contribution in [-0.2, 0) is 30.6 Å². The summed E-state index contributed by atoms with van der Waals surface area (Å²) >= 11 is 0. The fraction of sp³-hybridized carbons (Fsp3) is 0.571. The van der Waals surface area contributed by atoms with Crippen molar-refractivity contribution in [3.8, 4) is 0 Å². The van der Waals surface area contributed by atoms with Crippen LogP contribution in [0.2, 0.25) is 0 Å². The number of carbonyl (C=O) groups excluding carboxylic acids is 1. The fourth-order valence-corrected chi connectivity index (χ4v) is 6.26. The van der Waals surface area contributed by atoms with Gasteiger partial charge in [-0.05, 0) is 87.5 Å². The van der Waals surface area contributed by atoms with Crippen molar-refractivity contribution >= 4 is 5.78 Å². The Bertz CT molecular complexity index is 990. The molecule has 5 rings (SSSR count). The number of hydrogen-bond donors (Lipinski definition) is 1. The summed E-state index contributed by atoms with van der Waals surface area (Å²) in [6.45, 7) is 3.01. The average molecular weight is 447 g/mol. The maximum Gasteiger partial charge on any atom is 0.138 e. The molecule has 1 aliphatic carbocycles. The van der Waals surface area contributed by atoms with Gasteiger partial charge in [0.15, 0.2) is 0 Å². The topological polar surface area (TPSA) is 48.5 Å². The summed E-state index contributed by atoms with van der Waals surface area (Å²) in [4.78, 5) is 22.5. The Hall–Kier alpha value is -2.08. The standard InChI is InChI=1S/C28H38N4O/c1-31-14-6-11-24(31)17-25(33)15-21-8-3-9-22-18-30-23(16-26(21)22)19-32(2)27-12-4-7-20-10-5-13-29-28(20)27/h3,5,8-10,13,23-24,27,30H,4,6-7,11-12,14-19H2,1-2H3/t23-,24?,27+/m1/s1. The van der Waals surface area contributed by atoms with E-state index in [0.717, 1.165) is 38.9 Å². The Balaban J connectivity index is 1.25. The van der Waals surface area contributed by atoms with Crippen LogP contribution >= 0.6 is 0 Å². The number of carbonyl (C=O) groups is 1. The second-order valence-corrected chi connectivity index (χ2v) is 10.4. The van der Waals surface area contributed by atoms with E-state index in [4.69, 9.17) is 4.98 Å². The first-order valence-corrected chi connectivity index (χ1v) is 12.8. The van der Waals surface area contributed by atoms with E-state index in [1.807, 2.05) is 6.20 Å². The lowest BCUT2D eigenvalue weighted by atomic mass is 9.87. The van der Waals surface area contributed by atoms with Gasteiger partial charge in [0.2, 0.25) is 0 Å². The number of benzene rings is 1. The smallest absolute Gasteiger partial charge is 0.138 e. The van der Waals surface area contributed by atoms with Gasteiger partial charge in [-0.25, -0.2) is 0 Å². The van der Waals surface area contributed by atoms with Crippen molar-refractivity contribution in [2.45, 2.75) is 76.0 Å². The molecule has 2 aliphatic heterocycles. The van der Waals surface area contributed by atoms with Crippen molar-refractivity contribution in [2.75, 3.05) is 27.2 Å². The van der Waals surface area contributed by atoms with Gasteiger partial charge in [-0.15, -0.1) is 0 Å². The highest BCUT2D eigenvalue weighted by molar-refractivity contribution is 5.82. The zero-order valence-electron chi connectivity index (χ0n) is 20.2. The first kappa shape index (κ1) is 22.7. The summed E-state index contributed by atoms with van der Waals surface area (Å²) in [5.74, 6) is 0.388. The first-order valence-electron chi connectivity index (χ1n) is 12.8. The molecule has 0 spiro atoms.